The van der Waals surface area contributed by atoms with E-state index in [1.165, 1.54) is 6.07 Å². The quantitative estimate of drug-likeness (QED) is 0.294. The fourth-order valence-corrected chi connectivity index (χ4v) is 5.07. The molecule has 3 aromatic carbocycles. The first kappa shape index (κ1) is 24.4. The second-order valence-corrected chi connectivity index (χ2v) is 10.3. The minimum Gasteiger partial charge on any atom is -0.493 e. The summed E-state index contributed by atoms with van der Waals surface area (Å²) in [5.41, 5.74) is 2.38. The van der Waals surface area contributed by atoms with Gasteiger partial charge in [0.1, 0.15) is 16.6 Å². The van der Waals surface area contributed by atoms with Gasteiger partial charge in [0.2, 0.25) is 0 Å². The number of rotatable bonds is 4. The summed E-state index contributed by atoms with van der Waals surface area (Å²) in [6, 6.07) is 8.07. The van der Waals surface area contributed by atoms with E-state index in [0.29, 0.717) is 46.5 Å². The molecule has 1 aromatic heterocycles. The number of pyridine rings is 1. The lowest BCUT2D eigenvalue weighted by Crippen LogP contribution is -2.28. The Balaban J connectivity index is 1.97. The summed E-state index contributed by atoms with van der Waals surface area (Å²) in [5.74, 6) is -2.42. The van der Waals surface area contributed by atoms with Gasteiger partial charge in [-0.3, -0.25) is 4.98 Å². The molecule has 8 heteroatoms. The van der Waals surface area contributed by atoms with Gasteiger partial charge in [0, 0.05) is 34.5 Å². The van der Waals surface area contributed by atoms with Crippen molar-refractivity contribution in [3.05, 3.63) is 69.9 Å². The highest BCUT2D eigenvalue weighted by Crippen LogP contribution is 2.46. The molecular weight excluding hydrogens is 488 g/mol. The van der Waals surface area contributed by atoms with Gasteiger partial charge in [-0.2, -0.15) is 0 Å². The largest absolute Gasteiger partial charge is 0.493 e. The smallest absolute Gasteiger partial charge is 0.337 e. The third-order valence-corrected chi connectivity index (χ3v) is 6.67. The average molecular weight is 512 g/mol. The highest BCUT2D eigenvalue weighted by molar-refractivity contribution is 6.32. The maximum atomic E-state index is 15.2. The molecule has 4 aromatic rings. The Bertz CT molecular complexity index is 1550. The van der Waals surface area contributed by atoms with Crippen LogP contribution in [0, 0.1) is 18.6 Å². The third-order valence-electron chi connectivity index (χ3n) is 6.32. The van der Waals surface area contributed by atoms with Gasteiger partial charge >= 0.3 is 5.97 Å². The van der Waals surface area contributed by atoms with Crippen molar-refractivity contribution in [3.8, 4) is 16.9 Å². The van der Waals surface area contributed by atoms with Gasteiger partial charge < -0.3 is 14.6 Å². The number of aryl methyl sites for hydroxylation is 1. The number of benzene rings is 3. The zero-order valence-electron chi connectivity index (χ0n) is 20.2. The second-order valence-electron chi connectivity index (χ2n) is 9.92. The van der Waals surface area contributed by atoms with Crippen molar-refractivity contribution in [2.75, 3.05) is 6.61 Å². The fourth-order valence-electron chi connectivity index (χ4n) is 4.91. The molecule has 0 aliphatic carbocycles. The Kier molecular flexibility index (Phi) is 5.88. The average Bonchev–Trinajstić information content (AvgIpc) is 2.81. The Labute approximate surface area is 211 Å². The Morgan fingerprint density at radius 1 is 1.19 bits per heavy atom. The number of carboxylic acid groups (broad SMARTS) is 1. The van der Waals surface area contributed by atoms with E-state index in [2.05, 4.69) is 4.98 Å². The fraction of sp³-hybridized carbons (Fsp3) is 0.286. The van der Waals surface area contributed by atoms with Crippen molar-refractivity contribution < 1.29 is 28.2 Å². The molecule has 1 aliphatic rings. The highest BCUT2D eigenvalue weighted by Gasteiger charge is 2.33. The number of aromatic nitrogens is 1. The van der Waals surface area contributed by atoms with E-state index < -0.39 is 34.3 Å². The summed E-state index contributed by atoms with van der Waals surface area (Å²) < 4.78 is 41.9. The Morgan fingerprint density at radius 2 is 1.94 bits per heavy atom. The maximum Gasteiger partial charge on any atom is 0.337 e. The van der Waals surface area contributed by atoms with Crippen molar-refractivity contribution in [3.63, 3.8) is 0 Å². The van der Waals surface area contributed by atoms with Crippen molar-refractivity contribution in [2.45, 2.75) is 45.8 Å². The van der Waals surface area contributed by atoms with Crippen LogP contribution in [-0.2, 0) is 16.0 Å². The van der Waals surface area contributed by atoms with Crippen LogP contribution in [-0.4, -0.2) is 28.3 Å². The number of aliphatic carboxylic acids is 1. The van der Waals surface area contributed by atoms with Crippen molar-refractivity contribution in [1.82, 2.24) is 4.98 Å². The van der Waals surface area contributed by atoms with Crippen LogP contribution in [0.5, 0.6) is 5.75 Å². The van der Waals surface area contributed by atoms with Crippen LogP contribution < -0.4 is 4.74 Å². The molecular formula is C28H24ClF2NO4. The lowest BCUT2D eigenvalue weighted by atomic mass is 9.85. The van der Waals surface area contributed by atoms with E-state index >= 15 is 4.39 Å². The summed E-state index contributed by atoms with van der Waals surface area (Å²) in [6.45, 7) is 7.45. The molecule has 5 rings (SSSR count). The monoisotopic (exact) mass is 511 g/mol. The maximum absolute atomic E-state index is 15.2. The van der Waals surface area contributed by atoms with Gasteiger partial charge in [-0.1, -0.05) is 11.6 Å². The van der Waals surface area contributed by atoms with Crippen molar-refractivity contribution in [2.24, 2.45) is 0 Å². The first-order valence-electron chi connectivity index (χ1n) is 11.5. The zero-order chi connectivity index (χ0) is 25.9. The lowest BCUT2D eigenvalue weighted by Gasteiger charge is -2.29. The standard InChI is InChI=1S/C28H24ClF2NO4/c1-13-11-17-16(12-18(30)23(29)24(17)31)22(20(13)26(27(33)34)36-28(2,3)4)15-5-6-19-21-14(8-10-35-19)7-9-32-25(15)21/h5-7,9,11-12,26H,8,10H2,1-4H3,(H,33,34). The van der Waals surface area contributed by atoms with E-state index in [-0.39, 0.29) is 10.8 Å². The molecule has 0 saturated heterocycles. The first-order valence-corrected chi connectivity index (χ1v) is 11.9. The number of hydrogen-bond acceptors (Lipinski definition) is 4. The second kappa shape index (κ2) is 8.68. The van der Waals surface area contributed by atoms with Gasteiger partial charge in [0.05, 0.1) is 17.7 Å². The van der Waals surface area contributed by atoms with Crippen LogP contribution in [0.25, 0.3) is 32.8 Å². The molecule has 0 amide bonds. The molecule has 36 heavy (non-hydrogen) atoms. The van der Waals surface area contributed by atoms with E-state index in [1.807, 2.05) is 6.07 Å². The number of ether oxygens (including phenoxy) is 2. The number of halogens is 3. The topological polar surface area (TPSA) is 68.7 Å². The normalized spacial score (nSPS) is 14.2. The summed E-state index contributed by atoms with van der Waals surface area (Å²) in [4.78, 5) is 17.1. The number of hydrogen-bond donors (Lipinski definition) is 1. The molecule has 2 heterocycles. The van der Waals surface area contributed by atoms with Crippen LogP contribution in [0.2, 0.25) is 5.02 Å². The third kappa shape index (κ3) is 3.96. The Hall–Kier alpha value is -3.29. The van der Waals surface area contributed by atoms with Crippen molar-refractivity contribution >= 4 is 39.2 Å². The molecule has 1 unspecified atom stereocenters. The van der Waals surface area contributed by atoms with Crippen LogP contribution in [0.1, 0.15) is 43.6 Å². The minimum absolute atomic E-state index is 0.0780. The number of fused-ring (bicyclic) bond motifs is 1. The molecule has 0 saturated carbocycles. The Morgan fingerprint density at radius 3 is 2.64 bits per heavy atom. The molecule has 0 radical (unpaired) electrons. The van der Waals surface area contributed by atoms with Crippen LogP contribution in [0.3, 0.4) is 0 Å². The van der Waals surface area contributed by atoms with Gasteiger partial charge in [-0.05, 0) is 80.1 Å². The molecule has 5 nitrogen and oxygen atoms in total. The van der Waals surface area contributed by atoms with E-state index in [1.54, 1.807) is 46.0 Å². The molecule has 1 aliphatic heterocycles. The van der Waals surface area contributed by atoms with Crippen LogP contribution >= 0.6 is 11.6 Å². The highest BCUT2D eigenvalue weighted by atomic mass is 35.5. The minimum atomic E-state index is -1.41. The molecule has 0 spiro atoms. The number of carbonyl (C=O) groups is 1. The SMILES string of the molecule is Cc1cc2c(F)c(Cl)c(F)cc2c(-c2ccc3c4c(ccnc24)CCO3)c1C(OC(C)(C)C)C(=O)O. The van der Waals surface area contributed by atoms with Crippen molar-refractivity contribution in [1.29, 1.82) is 0 Å². The van der Waals surface area contributed by atoms with E-state index in [9.17, 15) is 14.3 Å². The van der Waals surface area contributed by atoms with Gasteiger partial charge in [-0.25, -0.2) is 13.6 Å². The van der Waals surface area contributed by atoms with Gasteiger partial charge in [-0.15, -0.1) is 0 Å². The van der Waals surface area contributed by atoms with E-state index in [4.69, 9.17) is 21.1 Å². The summed E-state index contributed by atoms with van der Waals surface area (Å²) in [7, 11) is 0. The van der Waals surface area contributed by atoms with Crippen LogP contribution in [0.4, 0.5) is 8.78 Å². The molecule has 1 N–H and O–H groups in total. The molecule has 0 fully saturated rings. The summed E-state index contributed by atoms with van der Waals surface area (Å²) in [6.07, 6.45) is 0.945. The molecule has 186 valence electrons. The number of carboxylic acids is 1. The zero-order valence-corrected chi connectivity index (χ0v) is 21.0. The molecule has 0 bridgehead atoms. The van der Waals surface area contributed by atoms with E-state index in [0.717, 1.165) is 17.0 Å². The first-order chi connectivity index (χ1) is 17.0. The van der Waals surface area contributed by atoms with Gasteiger partial charge in [0.25, 0.3) is 0 Å². The lowest BCUT2D eigenvalue weighted by molar-refractivity contribution is -0.160. The predicted octanol–water partition coefficient (Wildman–Crippen LogP) is 7.17. The number of nitrogens with zero attached hydrogens (tertiary/aromatic N) is 1. The predicted molar refractivity (Wildman–Crippen MR) is 135 cm³/mol. The van der Waals surface area contributed by atoms with Crippen LogP contribution in [0.15, 0.2) is 36.5 Å². The molecule has 1 atom stereocenters. The summed E-state index contributed by atoms with van der Waals surface area (Å²) >= 11 is 5.91. The summed E-state index contributed by atoms with van der Waals surface area (Å²) in [5, 5.41) is 10.7. The van der Waals surface area contributed by atoms with Gasteiger partial charge in [0.15, 0.2) is 11.9 Å².